The van der Waals surface area contributed by atoms with Crippen LogP contribution >= 0.6 is 0 Å². The standard InChI is InChI=1S/C20H20N2O2/c1-15-5-2-9-18(13-15)24-12-4-6-16-10-11-19(21-14-16)20(23)22-17-7-3-8-17/h2,5,9-11,13-14,17H,3,7-8,12H2,1H3,(H,22,23). The van der Waals surface area contributed by atoms with Crippen molar-refractivity contribution in [3.05, 3.63) is 59.4 Å². The highest BCUT2D eigenvalue weighted by Crippen LogP contribution is 2.18. The Morgan fingerprint density at radius 3 is 2.88 bits per heavy atom. The number of ether oxygens (including phenoxy) is 1. The number of amides is 1. The maximum absolute atomic E-state index is 12.0. The highest BCUT2D eigenvalue weighted by molar-refractivity contribution is 5.92. The Morgan fingerprint density at radius 1 is 1.33 bits per heavy atom. The van der Waals surface area contributed by atoms with E-state index in [1.165, 1.54) is 6.42 Å². The van der Waals surface area contributed by atoms with E-state index in [4.69, 9.17) is 4.74 Å². The Kier molecular flexibility index (Phi) is 5.12. The summed E-state index contributed by atoms with van der Waals surface area (Å²) >= 11 is 0. The minimum absolute atomic E-state index is 0.109. The minimum atomic E-state index is -0.109. The van der Waals surface area contributed by atoms with E-state index >= 15 is 0 Å². The van der Waals surface area contributed by atoms with Gasteiger partial charge in [-0.2, -0.15) is 0 Å². The van der Waals surface area contributed by atoms with Gasteiger partial charge in [-0.15, -0.1) is 0 Å². The smallest absolute Gasteiger partial charge is 0.270 e. The monoisotopic (exact) mass is 320 g/mol. The third kappa shape index (κ3) is 4.36. The Hall–Kier alpha value is -2.80. The molecule has 0 aliphatic heterocycles. The first-order chi connectivity index (χ1) is 11.7. The molecule has 1 heterocycles. The molecule has 1 saturated carbocycles. The van der Waals surface area contributed by atoms with E-state index in [1.807, 2.05) is 37.3 Å². The lowest BCUT2D eigenvalue weighted by Crippen LogP contribution is -2.39. The zero-order valence-corrected chi connectivity index (χ0v) is 13.7. The summed E-state index contributed by atoms with van der Waals surface area (Å²) in [5.74, 6) is 6.65. The SMILES string of the molecule is Cc1cccc(OCC#Cc2ccc(C(=O)NC3CCC3)nc2)c1. The fraction of sp³-hybridized carbons (Fsp3) is 0.300. The molecule has 24 heavy (non-hydrogen) atoms. The number of pyridine rings is 1. The van der Waals surface area contributed by atoms with E-state index in [0.717, 1.165) is 29.7 Å². The molecule has 0 atom stereocenters. The van der Waals surface area contributed by atoms with Crippen molar-refractivity contribution >= 4 is 5.91 Å². The highest BCUT2D eigenvalue weighted by atomic mass is 16.5. The summed E-state index contributed by atoms with van der Waals surface area (Å²) in [7, 11) is 0. The van der Waals surface area contributed by atoms with E-state index in [0.29, 0.717) is 18.3 Å². The van der Waals surface area contributed by atoms with Gasteiger partial charge >= 0.3 is 0 Å². The van der Waals surface area contributed by atoms with E-state index in [1.54, 1.807) is 12.3 Å². The predicted octanol–water partition coefficient (Wildman–Crippen LogP) is 3.10. The number of nitrogens with one attached hydrogen (secondary N) is 1. The van der Waals surface area contributed by atoms with Crippen molar-refractivity contribution in [2.24, 2.45) is 0 Å². The molecular weight excluding hydrogens is 300 g/mol. The molecule has 1 N–H and O–H groups in total. The maximum atomic E-state index is 12.0. The van der Waals surface area contributed by atoms with Gasteiger partial charge in [-0.1, -0.05) is 24.0 Å². The van der Waals surface area contributed by atoms with Crippen LogP contribution in [0.15, 0.2) is 42.6 Å². The number of carbonyl (C=O) groups is 1. The molecule has 1 aliphatic carbocycles. The number of aryl methyl sites for hydroxylation is 1. The molecule has 1 amide bonds. The number of hydrogen-bond donors (Lipinski definition) is 1. The van der Waals surface area contributed by atoms with Crippen LogP contribution in [0.1, 0.15) is 40.9 Å². The van der Waals surface area contributed by atoms with Crippen LogP contribution in [0.3, 0.4) is 0 Å². The molecule has 0 spiro atoms. The molecular formula is C20H20N2O2. The Morgan fingerprint density at radius 2 is 2.21 bits per heavy atom. The molecule has 122 valence electrons. The second-order valence-corrected chi connectivity index (χ2v) is 5.94. The largest absolute Gasteiger partial charge is 0.481 e. The summed E-state index contributed by atoms with van der Waals surface area (Å²) in [6.07, 6.45) is 4.94. The summed E-state index contributed by atoms with van der Waals surface area (Å²) < 4.78 is 5.57. The fourth-order valence-electron chi connectivity index (χ4n) is 2.38. The van der Waals surface area contributed by atoms with Gasteiger partial charge in [0.15, 0.2) is 0 Å². The molecule has 0 saturated heterocycles. The van der Waals surface area contributed by atoms with Crippen LogP contribution in [0.5, 0.6) is 5.75 Å². The molecule has 2 aromatic rings. The molecule has 3 rings (SSSR count). The molecule has 4 heteroatoms. The normalized spacial score (nSPS) is 13.4. The number of hydrogen-bond acceptors (Lipinski definition) is 3. The van der Waals surface area contributed by atoms with Crippen LogP contribution in [0.25, 0.3) is 0 Å². The quantitative estimate of drug-likeness (QED) is 0.881. The van der Waals surface area contributed by atoms with Crippen LogP contribution < -0.4 is 10.1 Å². The number of carbonyl (C=O) groups excluding carboxylic acids is 1. The van der Waals surface area contributed by atoms with Crippen molar-refractivity contribution < 1.29 is 9.53 Å². The summed E-state index contributed by atoms with van der Waals surface area (Å²) in [6, 6.07) is 11.7. The predicted molar refractivity (Wildman–Crippen MR) is 92.9 cm³/mol. The van der Waals surface area contributed by atoms with Crippen LogP contribution in [0.4, 0.5) is 0 Å². The molecule has 4 nitrogen and oxygen atoms in total. The molecule has 0 bridgehead atoms. The molecule has 1 aromatic heterocycles. The first-order valence-electron chi connectivity index (χ1n) is 8.16. The van der Waals surface area contributed by atoms with Crippen molar-refractivity contribution in [2.45, 2.75) is 32.2 Å². The van der Waals surface area contributed by atoms with Crippen LogP contribution in [0.2, 0.25) is 0 Å². The van der Waals surface area contributed by atoms with E-state index in [9.17, 15) is 4.79 Å². The van der Waals surface area contributed by atoms with Crippen molar-refractivity contribution in [1.29, 1.82) is 0 Å². The van der Waals surface area contributed by atoms with E-state index < -0.39 is 0 Å². The van der Waals surface area contributed by atoms with E-state index in [2.05, 4.69) is 22.1 Å². The fourth-order valence-corrected chi connectivity index (χ4v) is 2.38. The van der Waals surface area contributed by atoms with Gasteiger partial charge in [0.1, 0.15) is 18.1 Å². The van der Waals surface area contributed by atoms with Gasteiger partial charge in [0.05, 0.1) is 0 Å². The van der Waals surface area contributed by atoms with Crippen molar-refractivity contribution in [1.82, 2.24) is 10.3 Å². The first-order valence-corrected chi connectivity index (χ1v) is 8.16. The average Bonchev–Trinajstić information content (AvgIpc) is 2.55. The molecule has 1 fully saturated rings. The van der Waals surface area contributed by atoms with Gasteiger partial charge in [0.25, 0.3) is 5.91 Å². The van der Waals surface area contributed by atoms with Gasteiger partial charge < -0.3 is 10.1 Å². The zero-order chi connectivity index (χ0) is 16.8. The molecule has 1 aromatic carbocycles. The number of benzene rings is 1. The number of nitrogens with zero attached hydrogens (tertiary/aromatic N) is 1. The maximum Gasteiger partial charge on any atom is 0.270 e. The van der Waals surface area contributed by atoms with E-state index in [-0.39, 0.29) is 5.91 Å². The molecule has 0 radical (unpaired) electrons. The third-order valence-electron chi connectivity index (χ3n) is 3.97. The van der Waals surface area contributed by atoms with Crippen LogP contribution in [-0.2, 0) is 0 Å². The number of aromatic nitrogens is 1. The number of rotatable bonds is 4. The van der Waals surface area contributed by atoms with Crippen LogP contribution in [0, 0.1) is 18.8 Å². The third-order valence-corrected chi connectivity index (χ3v) is 3.97. The Balaban J connectivity index is 1.51. The second-order valence-electron chi connectivity index (χ2n) is 5.94. The zero-order valence-electron chi connectivity index (χ0n) is 13.7. The Bertz CT molecular complexity index is 768. The molecule has 1 aliphatic rings. The first kappa shape index (κ1) is 16.1. The Labute approximate surface area is 142 Å². The minimum Gasteiger partial charge on any atom is -0.481 e. The second kappa shape index (κ2) is 7.65. The molecule has 0 unspecified atom stereocenters. The van der Waals surface area contributed by atoms with Crippen molar-refractivity contribution in [3.63, 3.8) is 0 Å². The van der Waals surface area contributed by atoms with Gasteiger partial charge in [0, 0.05) is 17.8 Å². The lowest BCUT2D eigenvalue weighted by atomic mass is 9.93. The van der Waals surface area contributed by atoms with Gasteiger partial charge in [0.2, 0.25) is 0 Å². The lowest BCUT2D eigenvalue weighted by molar-refractivity contribution is 0.0912. The average molecular weight is 320 g/mol. The summed E-state index contributed by atoms with van der Waals surface area (Å²) in [6.45, 7) is 2.33. The summed E-state index contributed by atoms with van der Waals surface area (Å²) in [5, 5.41) is 2.97. The van der Waals surface area contributed by atoms with Gasteiger partial charge in [-0.25, -0.2) is 4.98 Å². The van der Waals surface area contributed by atoms with Gasteiger partial charge in [-0.3, -0.25) is 4.79 Å². The summed E-state index contributed by atoms with van der Waals surface area (Å²) in [4.78, 5) is 16.2. The van der Waals surface area contributed by atoms with Crippen molar-refractivity contribution in [2.75, 3.05) is 6.61 Å². The highest BCUT2D eigenvalue weighted by Gasteiger charge is 2.20. The summed E-state index contributed by atoms with van der Waals surface area (Å²) in [5.41, 5.74) is 2.35. The lowest BCUT2D eigenvalue weighted by Gasteiger charge is -2.26. The topological polar surface area (TPSA) is 51.2 Å². The van der Waals surface area contributed by atoms with Crippen molar-refractivity contribution in [3.8, 4) is 17.6 Å². The van der Waals surface area contributed by atoms with Crippen LogP contribution in [-0.4, -0.2) is 23.5 Å². The van der Waals surface area contributed by atoms with Gasteiger partial charge in [-0.05, 0) is 56.0 Å².